The lowest BCUT2D eigenvalue weighted by molar-refractivity contribution is 0.100. The number of amides is 1. The number of carbonyl (C=O) groups excluding carboxylic acids is 1. The summed E-state index contributed by atoms with van der Waals surface area (Å²) in [4.78, 5) is 11.2. The van der Waals surface area contributed by atoms with Crippen molar-refractivity contribution in [3.8, 4) is 0 Å². The molecule has 0 heterocycles. The van der Waals surface area contributed by atoms with Crippen LogP contribution in [0.4, 0.5) is 5.69 Å². The first-order valence-electron chi connectivity index (χ1n) is 5.67. The van der Waals surface area contributed by atoms with Crippen molar-refractivity contribution < 1.29 is 13.2 Å². The topological polar surface area (TPSA) is 89.3 Å². The molecule has 0 aliphatic carbocycles. The summed E-state index contributed by atoms with van der Waals surface area (Å²) in [7, 11) is -3.82. The number of anilines is 1. The number of carbonyl (C=O) groups is 1. The summed E-state index contributed by atoms with van der Waals surface area (Å²) in [6.07, 6.45) is 0. The van der Waals surface area contributed by atoms with Crippen LogP contribution in [-0.4, -0.2) is 14.3 Å². The Labute approximate surface area is 135 Å². The minimum Gasteiger partial charge on any atom is -0.366 e. The summed E-state index contributed by atoms with van der Waals surface area (Å²) < 4.78 is 27.5. The highest BCUT2D eigenvalue weighted by Gasteiger charge is 2.17. The van der Waals surface area contributed by atoms with Gasteiger partial charge >= 0.3 is 0 Å². The van der Waals surface area contributed by atoms with Crippen molar-refractivity contribution in [3.05, 3.63) is 57.5 Å². The number of hydrogen-bond acceptors (Lipinski definition) is 3. The molecule has 0 spiro atoms. The van der Waals surface area contributed by atoms with Gasteiger partial charge in [-0.3, -0.25) is 9.52 Å². The van der Waals surface area contributed by atoms with Gasteiger partial charge in [0, 0.05) is 10.0 Å². The fraction of sp³-hybridized carbons (Fsp3) is 0. The van der Waals surface area contributed by atoms with Gasteiger partial charge in [0.15, 0.2) is 0 Å². The second kappa shape index (κ2) is 6.05. The highest BCUT2D eigenvalue weighted by atomic mass is 79.9. The van der Waals surface area contributed by atoms with E-state index in [0.29, 0.717) is 4.47 Å². The minimum atomic E-state index is -3.82. The Bertz CT molecular complexity index is 809. The number of rotatable bonds is 4. The van der Waals surface area contributed by atoms with Crippen LogP contribution in [0, 0.1) is 0 Å². The molecule has 110 valence electrons. The molecule has 0 aliphatic heterocycles. The molecule has 0 saturated carbocycles. The predicted octanol–water partition coefficient (Wildman–Crippen LogP) is 3.00. The molecule has 0 fully saturated rings. The maximum Gasteiger partial charge on any atom is 0.261 e. The van der Waals surface area contributed by atoms with E-state index in [1.807, 2.05) is 0 Å². The number of hydrogen-bond donors (Lipinski definition) is 2. The Hall–Kier alpha value is -1.57. The molecule has 0 radical (unpaired) electrons. The molecule has 3 N–H and O–H groups in total. The highest BCUT2D eigenvalue weighted by molar-refractivity contribution is 9.10. The van der Waals surface area contributed by atoms with Crippen LogP contribution in [0.2, 0.25) is 5.02 Å². The first kappa shape index (κ1) is 15.8. The van der Waals surface area contributed by atoms with E-state index in [0.717, 1.165) is 0 Å². The minimum absolute atomic E-state index is 0.0671. The monoisotopic (exact) mass is 388 g/mol. The Morgan fingerprint density at radius 1 is 1.19 bits per heavy atom. The molecular weight excluding hydrogens is 380 g/mol. The fourth-order valence-electron chi connectivity index (χ4n) is 1.59. The second-order valence-electron chi connectivity index (χ2n) is 4.12. The highest BCUT2D eigenvalue weighted by Crippen LogP contribution is 2.26. The third kappa shape index (κ3) is 3.75. The van der Waals surface area contributed by atoms with Crippen molar-refractivity contribution >= 4 is 49.1 Å². The van der Waals surface area contributed by atoms with Crippen LogP contribution < -0.4 is 10.5 Å². The van der Waals surface area contributed by atoms with Gasteiger partial charge in [-0.1, -0.05) is 33.6 Å². The molecule has 0 saturated heterocycles. The van der Waals surface area contributed by atoms with Gasteiger partial charge in [-0.25, -0.2) is 8.42 Å². The van der Waals surface area contributed by atoms with Crippen molar-refractivity contribution in [2.24, 2.45) is 5.73 Å². The molecule has 0 aliphatic rings. The molecule has 8 heteroatoms. The molecule has 1 amide bonds. The number of halogens is 2. The van der Waals surface area contributed by atoms with E-state index in [2.05, 4.69) is 20.7 Å². The van der Waals surface area contributed by atoms with E-state index in [-0.39, 0.29) is 21.2 Å². The van der Waals surface area contributed by atoms with Gasteiger partial charge in [0.2, 0.25) is 5.91 Å². The molecule has 0 atom stereocenters. The summed E-state index contributed by atoms with van der Waals surface area (Å²) in [5.41, 5.74) is 5.41. The Balaban J connectivity index is 2.41. The molecule has 2 aromatic carbocycles. The van der Waals surface area contributed by atoms with E-state index in [1.54, 1.807) is 12.1 Å². The first-order valence-corrected chi connectivity index (χ1v) is 8.33. The lowest BCUT2D eigenvalue weighted by Crippen LogP contribution is -2.15. The molecule has 2 aromatic rings. The van der Waals surface area contributed by atoms with Crippen LogP contribution in [0.1, 0.15) is 10.4 Å². The molecule has 0 aromatic heterocycles. The van der Waals surface area contributed by atoms with Gasteiger partial charge in [0.1, 0.15) is 0 Å². The molecule has 0 unspecified atom stereocenters. The van der Waals surface area contributed by atoms with E-state index < -0.39 is 15.9 Å². The standard InChI is InChI=1S/C13H10BrClN2O3S/c14-9-2-1-3-10(7-9)21(19,20)17-12-6-8(13(16)18)4-5-11(12)15/h1-7,17H,(H2,16,18). The van der Waals surface area contributed by atoms with Gasteiger partial charge in [-0.2, -0.15) is 0 Å². The summed E-state index contributed by atoms with van der Waals surface area (Å²) >= 11 is 9.14. The summed E-state index contributed by atoms with van der Waals surface area (Å²) in [6.45, 7) is 0. The molecular formula is C13H10BrClN2O3S. The van der Waals surface area contributed by atoms with Crippen LogP contribution in [-0.2, 0) is 10.0 Å². The number of nitrogens with two attached hydrogens (primary N) is 1. The third-order valence-electron chi connectivity index (χ3n) is 2.60. The Kier molecular flexibility index (Phi) is 4.55. The summed E-state index contributed by atoms with van der Waals surface area (Å²) in [6, 6.07) is 10.3. The van der Waals surface area contributed by atoms with Crippen molar-refractivity contribution in [2.45, 2.75) is 4.90 Å². The van der Waals surface area contributed by atoms with E-state index in [9.17, 15) is 13.2 Å². The van der Waals surface area contributed by atoms with Crippen molar-refractivity contribution in [1.82, 2.24) is 0 Å². The number of nitrogens with one attached hydrogen (secondary N) is 1. The third-order valence-corrected chi connectivity index (χ3v) is 4.79. The van der Waals surface area contributed by atoms with Gasteiger partial charge in [-0.05, 0) is 36.4 Å². The van der Waals surface area contributed by atoms with E-state index in [1.165, 1.54) is 30.3 Å². The van der Waals surface area contributed by atoms with Crippen LogP contribution in [0.15, 0.2) is 51.8 Å². The number of sulfonamides is 1. The predicted molar refractivity (Wildman–Crippen MR) is 84.9 cm³/mol. The van der Waals surface area contributed by atoms with Crippen molar-refractivity contribution in [1.29, 1.82) is 0 Å². The normalized spacial score (nSPS) is 11.1. The quantitative estimate of drug-likeness (QED) is 0.842. The maximum absolute atomic E-state index is 12.3. The maximum atomic E-state index is 12.3. The molecule has 5 nitrogen and oxygen atoms in total. The summed E-state index contributed by atoms with van der Waals surface area (Å²) in [5.74, 6) is -0.672. The SMILES string of the molecule is NC(=O)c1ccc(Cl)c(NS(=O)(=O)c2cccc(Br)c2)c1. The fourth-order valence-corrected chi connectivity index (χ4v) is 3.48. The average molecular weight is 390 g/mol. The smallest absolute Gasteiger partial charge is 0.261 e. The van der Waals surface area contributed by atoms with Crippen molar-refractivity contribution in [3.63, 3.8) is 0 Å². The first-order chi connectivity index (χ1) is 9.79. The lowest BCUT2D eigenvalue weighted by Gasteiger charge is -2.10. The second-order valence-corrected chi connectivity index (χ2v) is 7.13. The van der Waals surface area contributed by atoms with Crippen LogP contribution >= 0.6 is 27.5 Å². The van der Waals surface area contributed by atoms with Gasteiger partial charge < -0.3 is 5.73 Å². The average Bonchev–Trinajstić information content (AvgIpc) is 2.41. The number of primary amides is 1. The molecule has 21 heavy (non-hydrogen) atoms. The van der Waals surface area contributed by atoms with Crippen LogP contribution in [0.3, 0.4) is 0 Å². The van der Waals surface area contributed by atoms with Gasteiger partial charge in [-0.15, -0.1) is 0 Å². The molecule has 0 bridgehead atoms. The zero-order valence-corrected chi connectivity index (χ0v) is 13.7. The lowest BCUT2D eigenvalue weighted by atomic mass is 10.2. The number of benzene rings is 2. The van der Waals surface area contributed by atoms with E-state index >= 15 is 0 Å². The van der Waals surface area contributed by atoms with Gasteiger partial charge in [0.05, 0.1) is 15.6 Å². The van der Waals surface area contributed by atoms with Crippen LogP contribution in [0.5, 0.6) is 0 Å². The van der Waals surface area contributed by atoms with Crippen LogP contribution in [0.25, 0.3) is 0 Å². The van der Waals surface area contributed by atoms with Gasteiger partial charge in [0.25, 0.3) is 10.0 Å². The van der Waals surface area contributed by atoms with Crippen molar-refractivity contribution in [2.75, 3.05) is 4.72 Å². The van der Waals surface area contributed by atoms with E-state index in [4.69, 9.17) is 17.3 Å². The zero-order chi connectivity index (χ0) is 15.6. The Morgan fingerprint density at radius 2 is 1.90 bits per heavy atom. The zero-order valence-electron chi connectivity index (χ0n) is 10.5. The summed E-state index contributed by atoms with van der Waals surface area (Å²) in [5, 5.41) is 0.165. The Morgan fingerprint density at radius 3 is 2.52 bits per heavy atom. The molecule has 2 rings (SSSR count). The largest absolute Gasteiger partial charge is 0.366 e.